The normalized spacial score (nSPS) is 19.3. The molecular formula is C19H21ClN4O. The second-order valence-corrected chi connectivity index (χ2v) is 7.12. The number of aryl methyl sites for hydroxylation is 1. The molecule has 5 nitrogen and oxygen atoms in total. The molecule has 0 aliphatic carbocycles. The van der Waals surface area contributed by atoms with Gasteiger partial charge < -0.3 is 14.6 Å². The number of hydrogen-bond acceptors (Lipinski definition) is 4. The highest BCUT2D eigenvalue weighted by atomic mass is 35.5. The van der Waals surface area contributed by atoms with E-state index in [0.29, 0.717) is 5.02 Å². The highest BCUT2D eigenvalue weighted by molar-refractivity contribution is 6.31. The Balaban J connectivity index is 1.63. The Morgan fingerprint density at radius 2 is 2.12 bits per heavy atom. The number of fused-ring (bicyclic) bond motifs is 1. The number of hydrogen-bond donors (Lipinski definition) is 1. The molecule has 0 radical (unpaired) electrons. The van der Waals surface area contributed by atoms with E-state index in [0.717, 1.165) is 48.3 Å². The summed E-state index contributed by atoms with van der Waals surface area (Å²) in [6, 6.07) is 7.87. The van der Waals surface area contributed by atoms with Crippen LogP contribution in [0.25, 0.3) is 10.9 Å². The van der Waals surface area contributed by atoms with E-state index in [1.165, 1.54) is 0 Å². The molecule has 1 aliphatic heterocycles. The van der Waals surface area contributed by atoms with Crippen molar-refractivity contribution in [3.05, 3.63) is 53.7 Å². The Morgan fingerprint density at radius 1 is 1.24 bits per heavy atom. The highest BCUT2D eigenvalue weighted by Crippen LogP contribution is 2.34. The van der Waals surface area contributed by atoms with Gasteiger partial charge in [0.1, 0.15) is 11.9 Å². The number of halogens is 1. The molecular weight excluding hydrogens is 336 g/mol. The third-order valence-electron chi connectivity index (χ3n) is 5.05. The highest BCUT2D eigenvalue weighted by Gasteiger charge is 2.29. The number of pyridine rings is 1. The topological polar surface area (TPSA) is 54.2 Å². The molecule has 0 amide bonds. The van der Waals surface area contributed by atoms with Crippen molar-refractivity contribution < 1.29 is 5.11 Å². The van der Waals surface area contributed by atoms with Gasteiger partial charge >= 0.3 is 0 Å². The first-order chi connectivity index (χ1) is 12.1. The average Bonchev–Trinajstić information content (AvgIpc) is 3.06. The van der Waals surface area contributed by atoms with Crippen molar-refractivity contribution in [2.45, 2.75) is 18.9 Å². The zero-order valence-corrected chi connectivity index (χ0v) is 14.9. The Labute approximate surface area is 151 Å². The van der Waals surface area contributed by atoms with Crippen molar-refractivity contribution in [2.24, 2.45) is 13.0 Å². The lowest BCUT2D eigenvalue weighted by atomic mass is 9.91. The van der Waals surface area contributed by atoms with Gasteiger partial charge in [-0.2, -0.15) is 0 Å². The van der Waals surface area contributed by atoms with Crippen LogP contribution >= 0.6 is 11.6 Å². The van der Waals surface area contributed by atoms with Gasteiger partial charge in [-0.25, -0.2) is 4.98 Å². The first-order valence-electron chi connectivity index (χ1n) is 8.58. The lowest BCUT2D eigenvalue weighted by Gasteiger charge is -2.36. The van der Waals surface area contributed by atoms with Gasteiger partial charge in [0, 0.05) is 60.7 Å². The first-order valence-corrected chi connectivity index (χ1v) is 8.96. The van der Waals surface area contributed by atoms with Crippen molar-refractivity contribution in [3.63, 3.8) is 0 Å². The van der Waals surface area contributed by atoms with Gasteiger partial charge in [0.2, 0.25) is 0 Å². The molecule has 6 heteroatoms. The van der Waals surface area contributed by atoms with Gasteiger partial charge in [-0.15, -0.1) is 0 Å². The second kappa shape index (κ2) is 6.65. The number of imidazole rings is 1. The van der Waals surface area contributed by atoms with Crippen LogP contribution in [0.5, 0.6) is 0 Å². The van der Waals surface area contributed by atoms with Gasteiger partial charge in [0.15, 0.2) is 0 Å². The van der Waals surface area contributed by atoms with Crippen LogP contribution in [0.2, 0.25) is 5.02 Å². The predicted molar refractivity (Wildman–Crippen MR) is 99.9 cm³/mol. The molecule has 2 aromatic heterocycles. The number of nitrogens with zero attached hydrogens (tertiary/aromatic N) is 4. The summed E-state index contributed by atoms with van der Waals surface area (Å²) >= 11 is 6.10. The smallest absolute Gasteiger partial charge is 0.137 e. The van der Waals surface area contributed by atoms with Crippen molar-refractivity contribution in [1.29, 1.82) is 0 Å². The number of rotatable bonds is 3. The van der Waals surface area contributed by atoms with Gasteiger partial charge in [-0.3, -0.25) is 4.98 Å². The fourth-order valence-electron chi connectivity index (χ4n) is 3.74. The van der Waals surface area contributed by atoms with Crippen LogP contribution in [0.15, 0.2) is 42.9 Å². The summed E-state index contributed by atoms with van der Waals surface area (Å²) in [6.45, 7) is 1.78. The minimum absolute atomic E-state index is 0.158. The van der Waals surface area contributed by atoms with Crippen LogP contribution < -0.4 is 4.90 Å². The minimum Gasteiger partial charge on any atom is -0.385 e. The van der Waals surface area contributed by atoms with E-state index in [2.05, 4.69) is 14.9 Å². The molecule has 2 atom stereocenters. The molecule has 1 fully saturated rings. The third-order valence-corrected chi connectivity index (χ3v) is 5.28. The van der Waals surface area contributed by atoms with Gasteiger partial charge in [0.05, 0.1) is 5.52 Å². The van der Waals surface area contributed by atoms with E-state index in [9.17, 15) is 5.11 Å². The molecule has 3 aromatic rings. The first kappa shape index (κ1) is 16.4. The number of benzene rings is 1. The number of aliphatic hydroxyl groups is 1. The number of aromatic nitrogens is 3. The van der Waals surface area contributed by atoms with Gasteiger partial charge in [-0.1, -0.05) is 11.6 Å². The molecule has 0 saturated carbocycles. The van der Waals surface area contributed by atoms with E-state index in [1.54, 1.807) is 6.20 Å². The summed E-state index contributed by atoms with van der Waals surface area (Å²) in [5.41, 5.74) is 2.05. The summed E-state index contributed by atoms with van der Waals surface area (Å²) < 4.78 is 1.90. The van der Waals surface area contributed by atoms with Crippen LogP contribution in [0.1, 0.15) is 24.8 Å². The molecule has 25 heavy (non-hydrogen) atoms. The van der Waals surface area contributed by atoms with E-state index in [4.69, 9.17) is 11.6 Å². The largest absolute Gasteiger partial charge is 0.385 e. The molecule has 1 N–H and O–H groups in total. The van der Waals surface area contributed by atoms with Crippen molar-refractivity contribution in [2.75, 3.05) is 18.0 Å². The van der Waals surface area contributed by atoms with Gasteiger partial charge in [0.25, 0.3) is 0 Å². The van der Waals surface area contributed by atoms with Crippen LogP contribution in [-0.4, -0.2) is 32.7 Å². The summed E-state index contributed by atoms with van der Waals surface area (Å²) in [4.78, 5) is 11.1. The Kier molecular flexibility index (Phi) is 4.36. The molecule has 0 spiro atoms. The van der Waals surface area contributed by atoms with E-state index >= 15 is 0 Å². The van der Waals surface area contributed by atoms with Crippen molar-refractivity contribution in [3.8, 4) is 0 Å². The lowest BCUT2D eigenvalue weighted by molar-refractivity contribution is 0.0875. The fourth-order valence-corrected chi connectivity index (χ4v) is 3.91. The zero-order valence-electron chi connectivity index (χ0n) is 14.1. The van der Waals surface area contributed by atoms with Crippen molar-refractivity contribution >= 4 is 28.2 Å². The number of anilines is 1. The molecule has 4 rings (SSSR count). The second-order valence-electron chi connectivity index (χ2n) is 6.68. The summed E-state index contributed by atoms with van der Waals surface area (Å²) in [5, 5.41) is 12.6. The molecule has 3 heterocycles. The Morgan fingerprint density at radius 3 is 2.92 bits per heavy atom. The standard InChI is InChI=1S/C19H21ClN4O/c1-23-10-8-22-19(23)18(25)13-3-2-9-24(12-13)17-6-7-21-16-11-14(20)4-5-15(16)17/h4-8,10-11,13,18,25H,2-3,9,12H2,1H3. The van der Waals surface area contributed by atoms with Crippen molar-refractivity contribution in [1.82, 2.24) is 14.5 Å². The van der Waals surface area contributed by atoms with Crippen LogP contribution in [-0.2, 0) is 7.05 Å². The number of aliphatic hydroxyl groups excluding tert-OH is 1. The van der Waals surface area contributed by atoms with Gasteiger partial charge in [-0.05, 0) is 37.1 Å². The Hall–Kier alpha value is -2.11. The molecule has 1 aromatic carbocycles. The minimum atomic E-state index is -0.551. The summed E-state index contributed by atoms with van der Waals surface area (Å²) in [7, 11) is 1.92. The maximum atomic E-state index is 10.8. The fraction of sp³-hybridized carbons (Fsp3) is 0.368. The molecule has 130 valence electrons. The maximum absolute atomic E-state index is 10.8. The maximum Gasteiger partial charge on any atom is 0.137 e. The molecule has 1 aliphatic rings. The molecule has 2 unspecified atom stereocenters. The molecule has 0 bridgehead atoms. The average molecular weight is 357 g/mol. The SMILES string of the molecule is Cn1ccnc1C(O)C1CCCN(c2ccnc3cc(Cl)ccc23)C1. The monoisotopic (exact) mass is 356 g/mol. The van der Waals surface area contributed by atoms with Crippen LogP contribution in [0.3, 0.4) is 0 Å². The predicted octanol–water partition coefficient (Wildman–Crippen LogP) is 3.57. The van der Waals surface area contributed by atoms with Crippen LogP contribution in [0, 0.1) is 5.92 Å². The van der Waals surface area contributed by atoms with E-state index in [-0.39, 0.29) is 5.92 Å². The van der Waals surface area contributed by atoms with E-state index in [1.807, 2.05) is 48.3 Å². The van der Waals surface area contributed by atoms with E-state index < -0.39 is 6.10 Å². The Bertz CT molecular complexity index is 894. The third kappa shape index (κ3) is 3.10. The lowest BCUT2D eigenvalue weighted by Crippen LogP contribution is -2.38. The quantitative estimate of drug-likeness (QED) is 0.779. The van der Waals surface area contributed by atoms with Crippen LogP contribution in [0.4, 0.5) is 5.69 Å². The summed E-state index contributed by atoms with van der Waals surface area (Å²) in [5.74, 6) is 0.892. The summed E-state index contributed by atoms with van der Waals surface area (Å²) in [6.07, 6.45) is 6.93. The molecule has 1 saturated heterocycles. The number of piperidine rings is 1. The zero-order chi connectivity index (χ0) is 17.4.